The standard InChI is InChI=1S/C22H16ClF2N3O3/c1-12-13(2)28(14-6-4-3-5-7-14)21(16(12)10-26)27-20(29)11-31-22(30)15-8-18(24)19(25)9-17(15)23/h3-9H,11H2,1-2H3,(H,27,29). The van der Waals surface area contributed by atoms with Gasteiger partial charge in [0.15, 0.2) is 18.2 Å². The van der Waals surface area contributed by atoms with Crippen LogP contribution in [0.1, 0.15) is 27.2 Å². The number of anilines is 1. The first-order chi connectivity index (χ1) is 14.7. The number of hydrogen-bond donors (Lipinski definition) is 1. The van der Waals surface area contributed by atoms with Gasteiger partial charge in [-0.05, 0) is 43.7 Å². The Labute approximate surface area is 181 Å². The van der Waals surface area contributed by atoms with Crippen LogP contribution < -0.4 is 5.32 Å². The number of aromatic nitrogens is 1. The summed E-state index contributed by atoms with van der Waals surface area (Å²) in [5.74, 6) is -4.07. The first-order valence-corrected chi connectivity index (χ1v) is 9.41. The molecule has 0 atom stereocenters. The lowest BCUT2D eigenvalue weighted by Crippen LogP contribution is -2.23. The van der Waals surface area contributed by atoms with Gasteiger partial charge >= 0.3 is 5.97 Å². The molecule has 0 radical (unpaired) electrons. The first kappa shape index (κ1) is 22.0. The van der Waals surface area contributed by atoms with Gasteiger partial charge in [-0.3, -0.25) is 9.36 Å². The third kappa shape index (κ3) is 4.42. The average Bonchev–Trinajstić information content (AvgIpc) is 2.98. The van der Waals surface area contributed by atoms with E-state index >= 15 is 0 Å². The van der Waals surface area contributed by atoms with E-state index in [1.165, 1.54) is 0 Å². The van der Waals surface area contributed by atoms with E-state index in [1.54, 1.807) is 11.5 Å². The normalized spacial score (nSPS) is 10.5. The minimum Gasteiger partial charge on any atom is -0.452 e. The Morgan fingerprint density at radius 1 is 1.16 bits per heavy atom. The van der Waals surface area contributed by atoms with Gasteiger partial charge in [-0.25, -0.2) is 13.6 Å². The molecule has 1 aromatic heterocycles. The lowest BCUT2D eigenvalue weighted by atomic mass is 10.2. The summed E-state index contributed by atoms with van der Waals surface area (Å²) >= 11 is 5.74. The Balaban J connectivity index is 1.81. The molecule has 1 amide bonds. The number of halogens is 3. The van der Waals surface area contributed by atoms with Gasteiger partial charge in [0.1, 0.15) is 11.9 Å². The fourth-order valence-electron chi connectivity index (χ4n) is 3.02. The number of amides is 1. The number of ether oxygens (including phenoxy) is 1. The second-order valence-corrected chi connectivity index (χ2v) is 6.99. The lowest BCUT2D eigenvalue weighted by Gasteiger charge is -2.13. The first-order valence-electron chi connectivity index (χ1n) is 9.03. The van der Waals surface area contributed by atoms with Gasteiger partial charge in [0.25, 0.3) is 5.91 Å². The zero-order valence-electron chi connectivity index (χ0n) is 16.5. The van der Waals surface area contributed by atoms with Gasteiger partial charge in [-0.1, -0.05) is 29.8 Å². The van der Waals surface area contributed by atoms with Crippen LogP contribution in [0.2, 0.25) is 5.02 Å². The fraction of sp³-hybridized carbons (Fsp3) is 0.136. The molecule has 0 fully saturated rings. The predicted octanol–water partition coefficient (Wildman–Crippen LogP) is 4.69. The highest BCUT2D eigenvalue weighted by molar-refractivity contribution is 6.33. The lowest BCUT2D eigenvalue weighted by molar-refractivity contribution is -0.119. The molecule has 6 nitrogen and oxygen atoms in total. The predicted molar refractivity (Wildman–Crippen MR) is 110 cm³/mol. The molecule has 0 aliphatic rings. The maximum atomic E-state index is 13.4. The number of carbonyl (C=O) groups is 2. The van der Waals surface area contributed by atoms with Gasteiger partial charge in [0.05, 0.1) is 16.1 Å². The summed E-state index contributed by atoms with van der Waals surface area (Å²) in [5.41, 5.74) is 2.02. The van der Waals surface area contributed by atoms with E-state index in [1.807, 2.05) is 37.3 Å². The van der Waals surface area contributed by atoms with Gasteiger partial charge in [0.2, 0.25) is 0 Å². The van der Waals surface area contributed by atoms with Crippen molar-refractivity contribution in [3.8, 4) is 11.8 Å². The molecule has 158 valence electrons. The molecule has 31 heavy (non-hydrogen) atoms. The summed E-state index contributed by atoms with van der Waals surface area (Å²) in [7, 11) is 0. The van der Waals surface area contributed by atoms with Gasteiger partial charge < -0.3 is 10.1 Å². The molecule has 0 aliphatic heterocycles. The molecule has 0 saturated heterocycles. The van der Waals surface area contributed by atoms with Crippen molar-refractivity contribution in [2.75, 3.05) is 11.9 Å². The highest BCUT2D eigenvalue weighted by Gasteiger charge is 2.22. The fourth-order valence-corrected chi connectivity index (χ4v) is 3.24. The topological polar surface area (TPSA) is 84.1 Å². The number of esters is 1. The SMILES string of the molecule is Cc1c(C#N)c(NC(=O)COC(=O)c2cc(F)c(F)cc2Cl)n(-c2ccccc2)c1C. The second kappa shape index (κ2) is 8.98. The van der Waals surface area contributed by atoms with Crippen LogP contribution in [-0.4, -0.2) is 23.1 Å². The van der Waals surface area contributed by atoms with E-state index < -0.39 is 35.7 Å². The third-order valence-corrected chi connectivity index (χ3v) is 4.97. The summed E-state index contributed by atoms with van der Waals surface area (Å²) < 4.78 is 33.1. The number of nitrogens with one attached hydrogen (secondary N) is 1. The number of hydrogen-bond acceptors (Lipinski definition) is 4. The van der Waals surface area contributed by atoms with Crippen molar-refractivity contribution in [2.45, 2.75) is 13.8 Å². The monoisotopic (exact) mass is 443 g/mol. The van der Waals surface area contributed by atoms with Crippen LogP contribution in [-0.2, 0) is 9.53 Å². The number of para-hydroxylation sites is 1. The molecule has 2 aromatic carbocycles. The molecule has 0 spiro atoms. The minimum atomic E-state index is -1.27. The van der Waals surface area contributed by atoms with E-state index in [2.05, 4.69) is 11.4 Å². The highest BCUT2D eigenvalue weighted by atomic mass is 35.5. The van der Waals surface area contributed by atoms with E-state index in [9.17, 15) is 23.6 Å². The molecule has 9 heteroatoms. The Hall–Kier alpha value is -3.70. The van der Waals surface area contributed by atoms with Crippen molar-refractivity contribution in [2.24, 2.45) is 0 Å². The van der Waals surface area contributed by atoms with Crippen LogP contribution in [0.4, 0.5) is 14.6 Å². The van der Waals surface area contributed by atoms with Crippen molar-refractivity contribution in [1.29, 1.82) is 5.26 Å². The van der Waals surface area contributed by atoms with Gasteiger partial charge in [-0.15, -0.1) is 0 Å². The molecular weight excluding hydrogens is 428 g/mol. The molecule has 0 unspecified atom stereocenters. The van der Waals surface area contributed by atoms with Crippen molar-refractivity contribution >= 4 is 29.3 Å². The number of nitriles is 1. The molecule has 0 saturated carbocycles. The van der Waals surface area contributed by atoms with Crippen LogP contribution in [0.15, 0.2) is 42.5 Å². The highest BCUT2D eigenvalue weighted by Crippen LogP contribution is 2.30. The second-order valence-electron chi connectivity index (χ2n) is 6.59. The minimum absolute atomic E-state index is 0.232. The quantitative estimate of drug-likeness (QED) is 0.458. The smallest absolute Gasteiger partial charge is 0.340 e. The van der Waals surface area contributed by atoms with Crippen molar-refractivity contribution in [3.63, 3.8) is 0 Å². The summed E-state index contributed by atoms with van der Waals surface area (Å²) in [6, 6.07) is 12.4. The third-order valence-electron chi connectivity index (χ3n) is 4.66. The molecule has 0 bridgehead atoms. The molecular formula is C22H16ClF2N3O3. The summed E-state index contributed by atoms with van der Waals surface area (Å²) in [6.45, 7) is 2.84. The Morgan fingerprint density at radius 3 is 2.45 bits per heavy atom. The number of carbonyl (C=O) groups excluding carboxylic acids is 2. The summed E-state index contributed by atoms with van der Waals surface area (Å²) in [5, 5.41) is 11.8. The van der Waals surface area contributed by atoms with Crippen LogP contribution >= 0.6 is 11.6 Å². The van der Waals surface area contributed by atoms with Crippen molar-refractivity contribution in [3.05, 3.63) is 81.5 Å². The maximum Gasteiger partial charge on any atom is 0.340 e. The van der Waals surface area contributed by atoms with E-state index in [-0.39, 0.29) is 16.4 Å². The molecule has 3 aromatic rings. The average molecular weight is 444 g/mol. The zero-order valence-corrected chi connectivity index (χ0v) is 17.3. The van der Waals surface area contributed by atoms with Crippen LogP contribution in [0.3, 0.4) is 0 Å². The number of benzene rings is 2. The number of nitrogens with zero attached hydrogens (tertiary/aromatic N) is 2. The Kier molecular flexibility index (Phi) is 6.37. The zero-order chi connectivity index (χ0) is 22.7. The van der Waals surface area contributed by atoms with Crippen LogP contribution in [0.25, 0.3) is 5.69 Å². The molecule has 1 heterocycles. The largest absolute Gasteiger partial charge is 0.452 e. The van der Waals surface area contributed by atoms with Gasteiger partial charge in [-0.2, -0.15) is 5.26 Å². The van der Waals surface area contributed by atoms with Crippen LogP contribution in [0, 0.1) is 36.8 Å². The summed E-state index contributed by atoms with van der Waals surface area (Å²) in [4.78, 5) is 24.6. The Morgan fingerprint density at radius 2 is 1.81 bits per heavy atom. The molecule has 3 rings (SSSR count). The van der Waals surface area contributed by atoms with Gasteiger partial charge in [0, 0.05) is 11.4 Å². The van der Waals surface area contributed by atoms with Crippen molar-refractivity contribution in [1.82, 2.24) is 4.57 Å². The number of rotatable bonds is 5. The van der Waals surface area contributed by atoms with Crippen LogP contribution in [0.5, 0.6) is 0 Å². The maximum absolute atomic E-state index is 13.4. The molecule has 0 aliphatic carbocycles. The Bertz CT molecular complexity index is 1220. The summed E-state index contributed by atoms with van der Waals surface area (Å²) in [6.07, 6.45) is 0. The van der Waals surface area contributed by atoms with E-state index in [4.69, 9.17) is 16.3 Å². The van der Waals surface area contributed by atoms with E-state index in [0.29, 0.717) is 17.7 Å². The van der Waals surface area contributed by atoms with E-state index in [0.717, 1.165) is 11.4 Å². The molecule has 1 N–H and O–H groups in total. The van der Waals surface area contributed by atoms with Crippen molar-refractivity contribution < 1.29 is 23.1 Å².